The Labute approximate surface area is 142 Å². The van der Waals surface area contributed by atoms with Crippen LogP contribution in [-0.2, 0) is 22.5 Å². The summed E-state index contributed by atoms with van der Waals surface area (Å²) in [7, 11) is 0. The minimum atomic E-state index is -0.0121. The van der Waals surface area contributed by atoms with Crippen LogP contribution < -0.4 is 0 Å². The van der Waals surface area contributed by atoms with Crippen molar-refractivity contribution >= 4 is 0 Å². The smallest absolute Gasteiger partial charge is 0.0892 e. The second kappa shape index (κ2) is 10.6. The van der Waals surface area contributed by atoms with Crippen LogP contribution in [0.5, 0.6) is 0 Å². The Hall–Kier alpha value is -1.19. The highest BCUT2D eigenvalue weighted by molar-refractivity contribution is 5.13. The predicted molar refractivity (Wildman–Crippen MR) is 96.6 cm³/mol. The summed E-state index contributed by atoms with van der Waals surface area (Å²) in [6, 6.07) is 4.16. The van der Waals surface area contributed by atoms with Gasteiger partial charge in [0.2, 0.25) is 0 Å². The van der Waals surface area contributed by atoms with Crippen molar-refractivity contribution in [2.45, 2.75) is 72.5 Å². The van der Waals surface area contributed by atoms with Crippen LogP contribution in [0.15, 0.2) is 30.0 Å². The molecule has 0 radical (unpaired) electrons. The molecule has 0 saturated heterocycles. The summed E-state index contributed by atoms with van der Waals surface area (Å²) in [5, 5.41) is 0. The normalized spacial score (nSPS) is 12.7. The first kappa shape index (κ1) is 19.9. The van der Waals surface area contributed by atoms with Gasteiger partial charge in [-0.25, -0.2) is 0 Å². The lowest BCUT2D eigenvalue weighted by Gasteiger charge is -2.24. The molecule has 3 nitrogen and oxygen atoms in total. The van der Waals surface area contributed by atoms with E-state index in [2.05, 4.69) is 51.7 Å². The molecular formula is C20H33NO2. The third-order valence-electron chi connectivity index (χ3n) is 3.98. The zero-order chi connectivity index (χ0) is 17.1. The first-order chi connectivity index (χ1) is 11.0. The van der Waals surface area contributed by atoms with E-state index >= 15 is 0 Å². The molecule has 0 spiro atoms. The van der Waals surface area contributed by atoms with Gasteiger partial charge in [-0.05, 0) is 65.0 Å². The first-order valence-corrected chi connectivity index (χ1v) is 8.78. The van der Waals surface area contributed by atoms with E-state index in [4.69, 9.17) is 9.47 Å². The van der Waals surface area contributed by atoms with Gasteiger partial charge in [-0.1, -0.05) is 24.6 Å². The fourth-order valence-electron chi connectivity index (χ4n) is 2.47. The van der Waals surface area contributed by atoms with Crippen molar-refractivity contribution in [2.24, 2.45) is 0 Å². The van der Waals surface area contributed by atoms with Gasteiger partial charge in [-0.2, -0.15) is 0 Å². The summed E-state index contributed by atoms with van der Waals surface area (Å²) in [6.07, 6.45) is 8.46. The average Bonchev–Trinajstić information content (AvgIpc) is 2.52. The molecule has 130 valence electrons. The number of rotatable bonds is 11. The molecule has 0 unspecified atom stereocenters. The van der Waals surface area contributed by atoms with E-state index < -0.39 is 0 Å². The van der Waals surface area contributed by atoms with E-state index in [1.165, 1.54) is 11.1 Å². The van der Waals surface area contributed by atoms with Crippen molar-refractivity contribution in [3.05, 3.63) is 41.2 Å². The highest BCUT2D eigenvalue weighted by Crippen LogP contribution is 2.19. The summed E-state index contributed by atoms with van der Waals surface area (Å²) in [5.74, 6) is 0. The van der Waals surface area contributed by atoms with Crippen LogP contribution in [0.3, 0.4) is 0 Å². The Morgan fingerprint density at radius 3 is 2.65 bits per heavy atom. The fraction of sp³-hybridized carbons (Fsp3) is 0.650. The fourth-order valence-corrected chi connectivity index (χ4v) is 2.47. The van der Waals surface area contributed by atoms with Gasteiger partial charge in [-0.15, -0.1) is 0 Å². The molecule has 0 aliphatic carbocycles. The van der Waals surface area contributed by atoms with Crippen molar-refractivity contribution in [3.63, 3.8) is 0 Å². The number of pyridine rings is 1. The molecule has 0 saturated carbocycles. The van der Waals surface area contributed by atoms with Crippen molar-refractivity contribution in [3.8, 4) is 0 Å². The Balaban J connectivity index is 2.20. The predicted octanol–water partition coefficient (Wildman–Crippen LogP) is 5.09. The SMILES string of the molecule is CCOC(C)(C)CCCC(C)=CCOCc1ccc(CC)cn1. The van der Waals surface area contributed by atoms with Gasteiger partial charge in [0.1, 0.15) is 0 Å². The monoisotopic (exact) mass is 319 g/mol. The molecule has 0 N–H and O–H groups in total. The van der Waals surface area contributed by atoms with Crippen LogP contribution in [-0.4, -0.2) is 23.8 Å². The number of aryl methyl sites for hydroxylation is 1. The highest BCUT2D eigenvalue weighted by atomic mass is 16.5. The Bertz CT molecular complexity index is 463. The molecule has 0 aromatic carbocycles. The number of hydrogen-bond donors (Lipinski definition) is 0. The number of allylic oxidation sites excluding steroid dienone is 1. The molecule has 0 aliphatic rings. The standard InChI is InChI=1S/C20H33NO2/c1-6-18-10-11-19(21-15-18)16-22-14-12-17(3)9-8-13-20(4,5)23-7-2/h10-12,15H,6-9,13-14,16H2,1-5H3. The van der Waals surface area contributed by atoms with Gasteiger partial charge in [-0.3, -0.25) is 4.98 Å². The van der Waals surface area contributed by atoms with Crippen LogP contribution >= 0.6 is 0 Å². The quantitative estimate of drug-likeness (QED) is 0.420. The van der Waals surface area contributed by atoms with Crippen LogP contribution in [0.25, 0.3) is 0 Å². The van der Waals surface area contributed by atoms with E-state index in [1.54, 1.807) is 0 Å². The van der Waals surface area contributed by atoms with Crippen LogP contribution in [0, 0.1) is 0 Å². The Kier molecular flexibility index (Phi) is 9.12. The maximum Gasteiger partial charge on any atom is 0.0892 e. The first-order valence-electron chi connectivity index (χ1n) is 8.78. The van der Waals surface area contributed by atoms with Crippen molar-refractivity contribution in [1.29, 1.82) is 0 Å². The van der Waals surface area contributed by atoms with Crippen LogP contribution in [0.1, 0.15) is 65.1 Å². The molecule has 1 aromatic rings. The van der Waals surface area contributed by atoms with Crippen LogP contribution in [0.4, 0.5) is 0 Å². The molecule has 1 aromatic heterocycles. The van der Waals surface area contributed by atoms with E-state index in [1.807, 2.05) is 12.3 Å². The molecule has 0 fully saturated rings. The molecule has 0 atom stereocenters. The number of ether oxygens (including phenoxy) is 2. The summed E-state index contributed by atoms with van der Waals surface area (Å²) in [4.78, 5) is 4.40. The number of aromatic nitrogens is 1. The molecule has 1 heterocycles. The summed E-state index contributed by atoms with van der Waals surface area (Å²) in [5.41, 5.74) is 3.62. The largest absolute Gasteiger partial charge is 0.376 e. The lowest BCUT2D eigenvalue weighted by atomic mass is 9.99. The van der Waals surface area contributed by atoms with Crippen molar-refractivity contribution in [1.82, 2.24) is 4.98 Å². The lowest BCUT2D eigenvalue weighted by molar-refractivity contribution is -0.0173. The topological polar surface area (TPSA) is 31.4 Å². The minimum absolute atomic E-state index is 0.0121. The second-order valence-electron chi connectivity index (χ2n) is 6.62. The van der Waals surface area contributed by atoms with Crippen molar-refractivity contribution < 1.29 is 9.47 Å². The number of hydrogen-bond acceptors (Lipinski definition) is 3. The third-order valence-corrected chi connectivity index (χ3v) is 3.98. The minimum Gasteiger partial charge on any atom is -0.376 e. The summed E-state index contributed by atoms with van der Waals surface area (Å²) in [6.45, 7) is 12.7. The van der Waals surface area contributed by atoms with E-state index in [0.29, 0.717) is 13.2 Å². The zero-order valence-corrected chi connectivity index (χ0v) is 15.5. The van der Waals surface area contributed by atoms with E-state index in [-0.39, 0.29) is 5.60 Å². The molecule has 0 amide bonds. The maximum absolute atomic E-state index is 5.72. The zero-order valence-electron chi connectivity index (χ0n) is 15.5. The van der Waals surface area contributed by atoms with Gasteiger partial charge >= 0.3 is 0 Å². The maximum atomic E-state index is 5.72. The van der Waals surface area contributed by atoms with Crippen LogP contribution in [0.2, 0.25) is 0 Å². The summed E-state index contributed by atoms with van der Waals surface area (Å²) < 4.78 is 11.4. The summed E-state index contributed by atoms with van der Waals surface area (Å²) >= 11 is 0. The highest BCUT2D eigenvalue weighted by Gasteiger charge is 2.16. The van der Waals surface area contributed by atoms with Gasteiger partial charge < -0.3 is 9.47 Å². The van der Waals surface area contributed by atoms with E-state index in [0.717, 1.165) is 38.0 Å². The van der Waals surface area contributed by atoms with Gasteiger partial charge in [0.05, 0.1) is 24.5 Å². The molecular weight excluding hydrogens is 286 g/mol. The molecule has 1 rings (SSSR count). The molecule has 0 bridgehead atoms. The van der Waals surface area contributed by atoms with Crippen molar-refractivity contribution in [2.75, 3.05) is 13.2 Å². The molecule has 0 aliphatic heterocycles. The lowest BCUT2D eigenvalue weighted by Crippen LogP contribution is -2.24. The second-order valence-corrected chi connectivity index (χ2v) is 6.62. The van der Waals surface area contributed by atoms with Gasteiger partial charge in [0.15, 0.2) is 0 Å². The molecule has 23 heavy (non-hydrogen) atoms. The van der Waals surface area contributed by atoms with Gasteiger partial charge in [0.25, 0.3) is 0 Å². The third kappa shape index (κ3) is 8.87. The molecule has 3 heteroatoms. The Morgan fingerprint density at radius 2 is 2.04 bits per heavy atom. The Morgan fingerprint density at radius 1 is 1.26 bits per heavy atom. The van der Waals surface area contributed by atoms with Gasteiger partial charge in [0, 0.05) is 12.8 Å². The number of nitrogens with zero attached hydrogens (tertiary/aromatic N) is 1. The van der Waals surface area contributed by atoms with E-state index in [9.17, 15) is 0 Å². The average molecular weight is 319 g/mol.